The third-order valence-corrected chi connectivity index (χ3v) is 3.14. The smallest absolute Gasteiger partial charge is 0.406 e. The summed E-state index contributed by atoms with van der Waals surface area (Å²) in [7, 11) is 1.91. The van der Waals surface area contributed by atoms with Gasteiger partial charge in [-0.05, 0) is 38.2 Å². The average Bonchev–Trinajstić information content (AvgIpc) is 2.25. The fourth-order valence-electron chi connectivity index (χ4n) is 2.45. The minimum Gasteiger partial charge on any atom is -0.406 e. The number of carbonyl (C=O) groups is 1. The Hall–Kier alpha value is -1.56. The number of Topliss-reactive ketones (excluding diaryl/α,β-unsaturated/α-hetero) is 1. The Kier molecular flexibility index (Phi) is 3.30. The van der Waals surface area contributed by atoms with Crippen molar-refractivity contribution < 1.29 is 22.7 Å². The van der Waals surface area contributed by atoms with Crippen LogP contribution < -0.4 is 4.74 Å². The van der Waals surface area contributed by atoms with Crippen molar-refractivity contribution in [1.82, 2.24) is 4.90 Å². The van der Waals surface area contributed by atoms with E-state index in [0.29, 0.717) is 18.7 Å². The van der Waals surface area contributed by atoms with E-state index in [1.165, 1.54) is 12.1 Å². The molecule has 104 valence electrons. The SMILES string of the molecule is CN1CC(C)(C(=O)c2ccc(OC(F)(F)F)cc2)C1. The first-order chi connectivity index (χ1) is 8.70. The van der Waals surface area contributed by atoms with Gasteiger partial charge in [-0.15, -0.1) is 13.2 Å². The molecule has 0 N–H and O–H groups in total. The van der Waals surface area contributed by atoms with Crippen molar-refractivity contribution in [3.8, 4) is 5.75 Å². The highest BCUT2D eigenvalue weighted by atomic mass is 19.4. The Morgan fingerprint density at radius 3 is 2.21 bits per heavy atom. The van der Waals surface area contributed by atoms with Crippen LogP contribution in [0.2, 0.25) is 0 Å². The molecule has 1 aliphatic rings. The molecule has 0 aromatic heterocycles. The number of hydrogen-bond acceptors (Lipinski definition) is 3. The van der Waals surface area contributed by atoms with Gasteiger partial charge in [-0.2, -0.15) is 0 Å². The summed E-state index contributed by atoms with van der Waals surface area (Å²) in [5.74, 6) is -0.371. The number of alkyl halides is 3. The van der Waals surface area contributed by atoms with Crippen LogP contribution in [0.3, 0.4) is 0 Å². The summed E-state index contributed by atoms with van der Waals surface area (Å²) in [4.78, 5) is 14.2. The Morgan fingerprint density at radius 1 is 1.26 bits per heavy atom. The number of nitrogens with zero attached hydrogens (tertiary/aromatic N) is 1. The van der Waals surface area contributed by atoms with Gasteiger partial charge >= 0.3 is 6.36 Å². The summed E-state index contributed by atoms with van der Waals surface area (Å²) in [6.07, 6.45) is -4.71. The Bertz CT molecular complexity index is 476. The van der Waals surface area contributed by atoms with E-state index in [-0.39, 0.29) is 11.5 Å². The van der Waals surface area contributed by atoms with Crippen molar-refractivity contribution in [3.63, 3.8) is 0 Å². The van der Waals surface area contributed by atoms with Gasteiger partial charge < -0.3 is 9.64 Å². The summed E-state index contributed by atoms with van der Waals surface area (Å²) in [5.41, 5.74) is -0.0358. The normalized spacial score (nSPS) is 18.8. The van der Waals surface area contributed by atoms with E-state index < -0.39 is 11.8 Å². The van der Waals surface area contributed by atoms with Gasteiger partial charge in [0.1, 0.15) is 5.75 Å². The highest BCUT2D eigenvalue weighted by Gasteiger charge is 2.43. The second-order valence-electron chi connectivity index (χ2n) is 5.13. The molecule has 1 saturated heterocycles. The van der Waals surface area contributed by atoms with Crippen molar-refractivity contribution in [3.05, 3.63) is 29.8 Å². The van der Waals surface area contributed by atoms with Crippen LogP contribution in [-0.2, 0) is 0 Å². The molecule has 2 rings (SSSR count). The highest BCUT2D eigenvalue weighted by molar-refractivity contribution is 6.01. The first-order valence-corrected chi connectivity index (χ1v) is 5.79. The second kappa shape index (κ2) is 4.52. The average molecular weight is 273 g/mol. The molecular weight excluding hydrogens is 259 g/mol. The molecule has 0 radical (unpaired) electrons. The molecule has 3 nitrogen and oxygen atoms in total. The van der Waals surface area contributed by atoms with Gasteiger partial charge in [0.15, 0.2) is 5.78 Å². The fraction of sp³-hybridized carbons (Fsp3) is 0.462. The fourth-order valence-corrected chi connectivity index (χ4v) is 2.45. The molecule has 1 aromatic rings. The van der Waals surface area contributed by atoms with Crippen molar-refractivity contribution in [2.75, 3.05) is 20.1 Å². The molecule has 0 aliphatic carbocycles. The van der Waals surface area contributed by atoms with E-state index in [2.05, 4.69) is 4.74 Å². The third kappa shape index (κ3) is 3.07. The molecule has 19 heavy (non-hydrogen) atoms. The Labute approximate surface area is 109 Å². The quantitative estimate of drug-likeness (QED) is 0.793. The minimum absolute atomic E-state index is 0.0517. The molecule has 0 atom stereocenters. The molecule has 0 spiro atoms. The van der Waals surface area contributed by atoms with Crippen molar-refractivity contribution in [2.24, 2.45) is 5.41 Å². The molecule has 1 heterocycles. The second-order valence-corrected chi connectivity index (χ2v) is 5.13. The monoisotopic (exact) mass is 273 g/mol. The summed E-state index contributed by atoms with van der Waals surface area (Å²) in [5, 5.41) is 0. The van der Waals surface area contributed by atoms with Crippen molar-refractivity contribution >= 4 is 5.78 Å². The van der Waals surface area contributed by atoms with Crippen LogP contribution >= 0.6 is 0 Å². The maximum Gasteiger partial charge on any atom is 0.573 e. The van der Waals surface area contributed by atoms with Crippen molar-refractivity contribution in [2.45, 2.75) is 13.3 Å². The molecule has 6 heteroatoms. The predicted molar refractivity (Wildman–Crippen MR) is 63.1 cm³/mol. The molecule has 1 aliphatic heterocycles. The summed E-state index contributed by atoms with van der Waals surface area (Å²) >= 11 is 0. The zero-order valence-electron chi connectivity index (χ0n) is 10.6. The highest BCUT2D eigenvalue weighted by Crippen LogP contribution is 2.33. The third-order valence-electron chi connectivity index (χ3n) is 3.14. The van der Waals surface area contributed by atoms with Crippen molar-refractivity contribution in [1.29, 1.82) is 0 Å². The lowest BCUT2D eigenvalue weighted by molar-refractivity contribution is -0.274. The van der Waals surface area contributed by atoms with Crippen LogP contribution in [0.1, 0.15) is 17.3 Å². The van der Waals surface area contributed by atoms with Gasteiger partial charge in [-0.25, -0.2) is 0 Å². The minimum atomic E-state index is -4.71. The van der Waals surface area contributed by atoms with Crippen LogP contribution in [0, 0.1) is 5.41 Å². The van der Waals surface area contributed by atoms with Gasteiger partial charge in [-0.1, -0.05) is 0 Å². The number of carbonyl (C=O) groups excluding carboxylic acids is 1. The van der Waals surface area contributed by atoms with E-state index in [9.17, 15) is 18.0 Å². The lowest BCUT2D eigenvalue weighted by Gasteiger charge is -2.44. The van der Waals surface area contributed by atoms with E-state index in [1.807, 2.05) is 18.9 Å². The van der Waals surface area contributed by atoms with Crippen LogP contribution in [0.4, 0.5) is 13.2 Å². The maximum atomic E-state index is 12.2. The molecule has 0 bridgehead atoms. The zero-order valence-corrected chi connectivity index (χ0v) is 10.6. The zero-order chi connectivity index (χ0) is 14.3. The lowest BCUT2D eigenvalue weighted by Crippen LogP contribution is -2.56. The van der Waals surface area contributed by atoms with Gasteiger partial charge in [-0.3, -0.25) is 4.79 Å². The molecule has 0 saturated carbocycles. The van der Waals surface area contributed by atoms with Crippen LogP contribution in [0.5, 0.6) is 5.75 Å². The number of ketones is 1. The Morgan fingerprint density at radius 2 is 1.79 bits per heavy atom. The molecule has 0 unspecified atom stereocenters. The number of benzene rings is 1. The molecule has 1 aromatic carbocycles. The van der Waals surface area contributed by atoms with E-state index in [1.54, 1.807) is 0 Å². The largest absolute Gasteiger partial charge is 0.573 e. The van der Waals surface area contributed by atoms with Gasteiger partial charge in [0, 0.05) is 18.7 Å². The topological polar surface area (TPSA) is 29.5 Å². The van der Waals surface area contributed by atoms with Crippen LogP contribution in [0.25, 0.3) is 0 Å². The Balaban J connectivity index is 2.08. The van der Waals surface area contributed by atoms with Gasteiger partial charge in [0.25, 0.3) is 0 Å². The number of halogens is 3. The van der Waals surface area contributed by atoms with E-state index >= 15 is 0 Å². The molecule has 1 fully saturated rings. The summed E-state index contributed by atoms with van der Waals surface area (Å²) < 4.78 is 39.8. The summed E-state index contributed by atoms with van der Waals surface area (Å²) in [6, 6.07) is 5.05. The predicted octanol–water partition coefficient (Wildman–Crippen LogP) is 2.72. The van der Waals surface area contributed by atoms with Gasteiger partial charge in [0.2, 0.25) is 0 Å². The number of rotatable bonds is 3. The summed E-state index contributed by atoms with van der Waals surface area (Å²) in [6.45, 7) is 3.18. The number of ether oxygens (including phenoxy) is 1. The number of likely N-dealkylation sites (tertiary alicyclic amines) is 1. The van der Waals surface area contributed by atoms with E-state index in [0.717, 1.165) is 12.1 Å². The lowest BCUT2D eigenvalue weighted by atomic mass is 9.76. The molecule has 0 amide bonds. The van der Waals surface area contributed by atoms with Crippen LogP contribution in [0.15, 0.2) is 24.3 Å². The van der Waals surface area contributed by atoms with Crippen LogP contribution in [-0.4, -0.2) is 37.2 Å². The maximum absolute atomic E-state index is 12.2. The first-order valence-electron chi connectivity index (χ1n) is 5.79. The number of hydrogen-bond donors (Lipinski definition) is 0. The first kappa shape index (κ1) is 13.9. The standard InChI is InChI=1S/C13H14F3NO2/c1-12(7-17(2)8-12)11(18)9-3-5-10(6-4-9)19-13(14,15)16/h3-6H,7-8H2,1-2H3. The molecular formula is C13H14F3NO2. The van der Waals surface area contributed by atoms with Gasteiger partial charge in [0.05, 0.1) is 5.41 Å². The van der Waals surface area contributed by atoms with E-state index in [4.69, 9.17) is 0 Å².